The number of nitrogens with zero attached hydrogens (tertiary/aromatic N) is 1. The lowest BCUT2D eigenvalue weighted by atomic mass is 10.4. The summed E-state index contributed by atoms with van der Waals surface area (Å²) < 4.78 is 39.8. The van der Waals surface area contributed by atoms with Crippen LogP contribution < -0.4 is 5.56 Å². The number of hydrogen-bond acceptors (Lipinski definition) is 2. The first-order chi connectivity index (χ1) is 6.90. The molecule has 0 bridgehead atoms. The smallest absolute Gasteiger partial charge is 0.312 e. The van der Waals surface area contributed by atoms with Gasteiger partial charge in [0, 0.05) is 12.7 Å². The average Bonchev–Trinajstić information content (AvgIpc) is 2.10. The number of hydrogen-bond donors (Lipinski definition) is 0. The predicted molar refractivity (Wildman–Crippen MR) is 50.4 cm³/mol. The highest BCUT2D eigenvalue weighted by atomic mass is 79.9. The van der Waals surface area contributed by atoms with E-state index >= 15 is 0 Å². The van der Waals surface area contributed by atoms with Crippen molar-refractivity contribution in [2.24, 2.45) is 0 Å². The highest BCUT2D eigenvalue weighted by Gasteiger charge is 2.28. The molecule has 0 N–H and O–H groups in total. The maximum Gasteiger partial charge on any atom is 0.522 e. The summed E-state index contributed by atoms with van der Waals surface area (Å²) in [6.45, 7) is -0.725. The molecule has 0 saturated carbocycles. The molecule has 84 valence electrons. The van der Waals surface area contributed by atoms with Crippen LogP contribution in [0.2, 0.25) is 0 Å². The van der Waals surface area contributed by atoms with Gasteiger partial charge in [0.15, 0.2) is 0 Å². The SMILES string of the molecule is O=c1c(Br)cccn1CCOC(F)(F)F. The van der Waals surface area contributed by atoms with E-state index in [-0.39, 0.29) is 12.1 Å². The summed E-state index contributed by atoms with van der Waals surface area (Å²) in [5.41, 5.74) is -0.386. The molecule has 0 amide bonds. The van der Waals surface area contributed by atoms with E-state index in [1.807, 2.05) is 0 Å². The number of alkyl halides is 3. The van der Waals surface area contributed by atoms with Gasteiger partial charge in [-0.15, -0.1) is 13.2 Å². The van der Waals surface area contributed by atoms with Gasteiger partial charge in [0.25, 0.3) is 5.56 Å². The van der Waals surface area contributed by atoms with Gasteiger partial charge in [0.2, 0.25) is 0 Å². The van der Waals surface area contributed by atoms with Gasteiger partial charge < -0.3 is 4.57 Å². The maximum absolute atomic E-state index is 11.6. The second-order valence-electron chi connectivity index (χ2n) is 2.65. The van der Waals surface area contributed by atoms with Gasteiger partial charge in [0.05, 0.1) is 11.1 Å². The number of rotatable bonds is 3. The number of pyridine rings is 1. The Labute approximate surface area is 91.6 Å². The number of ether oxygens (including phenoxy) is 1. The first-order valence-corrected chi connectivity index (χ1v) is 4.75. The van der Waals surface area contributed by atoms with Gasteiger partial charge in [-0.05, 0) is 28.1 Å². The molecule has 7 heteroatoms. The van der Waals surface area contributed by atoms with Crippen molar-refractivity contribution in [1.82, 2.24) is 4.57 Å². The largest absolute Gasteiger partial charge is 0.522 e. The van der Waals surface area contributed by atoms with E-state index in [2.05, 4.69) is 20.7 Å². The van der Waals surface area contributed by atoms with Crippen molar-refractivity contribution >= 4 is 15.9 Å². The lowest BCUT2D eigenvalue weighted by molar-refractivity contribution is -0.325. The Morgan fingerprint density at radius 3 is 2.73 bits per heavy atom. The fourth-order valence-electron chi connectivity index (χ4n) is 0.943. The zero-order chi connectivity index (χ0) is 11.5. The quantitative estimate of drug-likeness (QED) is 0.852. The Kier molecular flexibility index (Phi) is 3.92. The molecule has 0 atom stereocenters. The van der Waals surface area contributed by atoms with Crippen LogP contribution in [0, 0.1) is 0 Å². The Hall–Kier alpha value is -0.820. The summed E-state index contributed by atoms with van der Waals surface area (Å²) >= 11 is 2.98. The summed E-state index contributed by atoms with van der Waals surface area (Å²) in [6.07, 6.45) is -3.26. The van der Waals surface area contributed by atoms with E-state index in [4.69, 9.17) is 0 Å². The molecule has 1 rings (SSSR count). The van der Waals surface area contributed by atoms with Crippen molar-refractivity contribution in [1.29, 1.82) is 0 Å². The van der Waals surface area contributed by atoms with Crippen LogP contribution in [0.25, 0.3) is 0 Å². The molecule has 3 nitrogen and oxygen atoms in total. The van der Waals surface area contributed by atoms with Crippen molar-refractivity contribution in [2.75, 3.05) is 6.61 Å². The summed E-state index contributed by atoms with van der Waals surface area (Å²) in [7, 11) is 0. The Morgan fingerprint density at radius 1 is 1.47 bits per heavy atom. The Bertz CT molecular complexity index is 388. The normalized spacial score (nSPS) is 11.7. The van der Waals surface area contributed by atoms with E-state index in [0.29, 0.717) is 4.47 Å². The minimum Gasteiger partial charge on any atom is -0.312 e. The average molecular weight is 286 g/mol. The van der Waals surface area contributed by atoms with E-state index in [0.717, 1.165) is 4.57 Å². The fraction of sp³-hybridized carbons (Fsp3) is 0.375. The van der Waals surface area contributed by atoms with E-state index in [1.165, 1.54) is 12.3 Å². The monoisotopic (exact) mass is 285 g/mol. The fourth-order valence-corrected chi connectivity index (χ4v) is 1.32. The molecule has 1 aromatic rings. The molecule has 0 aliphatic heterocycles. The van der Waals surface area contributed by atoms with Crippen molar-refractivity contribution < 1.29 is 17.9 Å². The molecular weight excluding hydrogens is 279 g/mol. The summed E-state index contributed by atoms with van der Waals surface area (Å²) in [5.74, 6) is 0. The van der Waals surface area contributed by atoms with E-state index in [1.54, 1.807) is 6.07 Å². The summed E-state index contributed by atoms with van der Waals surface area (Å²) in [4.78, 5) is 11.3. The predicted octanol–water partition coefficient (Wildman–Crippen LogP) is 2.15. The maximum atomic E-state index is 11.6. The van der Waals surface area contributed by atoms with Crippen molar-refractivity contribution in [2.45, 2.75) is 12.9 Å². The standard InChI is InChI=1S/C8H7BrF3NO2/c9-6-2-1-3-13(7(6)14)4-5-15-8(10,11)12/h1-3H,4-5H2. The third kappa shape index (κ3) is 4.05. The van der Waals surface area contributed by atoms with Crippen molar-refractivity contribution in [3.05, 3.63) is 33.2 Å². The Balaban J connectivity index is 2.59. The molecule has 0 saturated heterocycles. The van der Waals surface area contributed by atoms with E-state index < -0.39 is 13.0 Å². The molecule has 1 heterocycles. The van der Waals surface area contributed by atoms with E-state index in [9.17, 15) is 18.0 Å². The van der Waals surface area contributed by atoms with Crippen LogP contribution in [-0.2, 0) is 11.3 Å². The van der Waals surface area contributed by atoms with Gasteiger partial charge in [0.1, 0.15) is 0 Å². The molecular formula is C8H7BrF3NO2. The summed E-state index contributed by atoms with van der Waals surface area (Å²) in [5, 5.41) is 0. The molecule has 15 heavy (non-hydrogen) atoms. The first kappa shape index (κ1) is 12.3. The second-order valence-corrected chi connectivity index (χ2v) is 3.50. The molecule has 0 aliphatic rings. The molecule has 0 aromatic carbocycles. The van der Waals surface area contributed by atoms with Gasteiger partial charge in [-0.2, -0.15) is 0 Å². The van der Waals surface area contributed by atoms with Crippen molar-refractivity contribution in [3.63, 3.8) is 0 Å². The lowest BCUT2D eigenvalue weighted by Crippen LogP contribution is -2.24. The van der Waals surface area contributed by atoms with Gasteiger partial charge in [-0.3, -0.25) is 9.53 Å². The molecule has 0 radical (unpaired) electrons. The Morgan fingerprint density at radius 2 is 2.13 bits per heavy atom. The van der Waals surface area contributed by atoms with Gasteiger partial charge >= 0.3 is 6.36 Å². The van der Waals surface area contributed by atoms with Crippen LogP contribution in [0.5, 0.6) is 0 Å². The van der Waals surface area contributed by atoms with Crippen LogP contribution in [0.3, 0.4) is 0 Å². The minimum absolute atomic E-state index is 0.141. The van der Waals surface area contributed by atoms with Crippen LogP contribution in [0.15, 0.2) is 27.6 Å². The number of aromatic nitrogens is 1. The van der Waals surface area contributed by atoms with Crippen LogP contribution in [0.1, 0.15) is 0 Å². The zero-order valence-electron chi connectivity index (χ0n) is 7.42. The topological polar surface area (TPSA) is 31.2 Å². The summed E-state index contributed by atoms with van der Waals surface area (Å²) in [6, 6.07) is 3.07. The van der Waals surface area contributed by atoms with Gasteiger partial charge in [-0.1, -0.05) is 0 Å². The molecule has 0 unspecified atom stereocenters. The van der Waals surface area contributed by atoms with Crippen LogP contribution >= 0.6 is 15.9 Å². The van der Waals surface area contributed by atoms with Gasteiger partial charge in [-0.25, -0.2) is 0 Å². The van der Waals surface area contributed by atoms with Crippen LogP contribution in [0.4, 0.5) is 13.2 Å². The third-order valence-corrected chi connectivity index (χ3v) is 2.18. The minimum atomic E-state index is -4.66. The second kappa shape index (κ2) is 4.80. The highest BCUT2D eigenvalue weighted by molar-refractivity contribution is 9.10. The first-order valence-electron chi connectivity index (χ1n) is 3.96. The third-order valence-electron chi connectivity index (χ3n) is 1.57. The van der Waals surface area contributed by atoms with Crippen LogP contribution in [-0.4, -0.2) is 17.5 Å². The zero-order valence-corrected chi connectivity index (χ0v) is 9.01. The van der Waals surface area contributed by atoms with Crippen molar-refractivity contribution in [3.8, 4) is 0 Å². The molecule has 0 fully saturated rings. The molecule has 1 aromatic heterocycles. The molecule has 0 aliphatic carbocycles. The molecule has 0 spiro atoms. The lowest BCUT2D eigenvalue weighted by Gasteiger charge is -2.08. The highest BCUT2D eigenvalue weighted by Crippen LogP contribution is 2.15. The number of halogens is 4.